The van der Waals surface area contributed by atoms with Crippen LogP contribution in [-0.4, -0.2) is 48.2 Å². The Hall–Kier alpha value is -3.16. The van der Waals surface area contributed by atoms with E-state index in [4.69, 9.17) is 0 Å². The Morgan fingerprint density at radius 3 is 2.87 bits per heavy atom. The predicted molar refractivity (Wildman–Crippen MR) is 116 cm³/mol. The van der Waals surface area contributed by atoms with Crippen LogP contribution in [0, 0.1) is 18.6 Å². The second-order valence-corrected chi connectivity index (χ2v) is 7.47. The topological polar surface area (TPSA) is 57.5 Å². The van der Waals surface area contributed by atoms with Gasteiger partial charge in [-0.1, -0.05) is 12.1 Å². The number of aryl methyl sites for hydroxylation is 1. The lowest BCUT2D eigenvalue weighted by atomic mass is 10.2. The molecule has 4 rings (SSSR count). The molecule has 0 spiro atoms. The minimum Gasteiger partial charge on any atom is -0.367 e. The van der Waals surface area contributed by atoms with Crippen LogP contribution in [-0.2, 0) is 6.54 Å². The van der Waals surface area contributed by atoms with Crippen LogP contribution < -0.4 is 15.5 Å². The van der Waals surface area contributed by atoms with Crippen molar-refractivity contribution in [2.24, 2.45) is 4.99 Å². The van der Waals surface area contributed by atoms with Crippen molar-refractivity contribution >= 4 is 22.7 Å². The molecule has 1 atom stereocenters. The fraction of sp³-hybridized carbons (Fsp3) is 0.364. The highest BCUT2D eigenvalue weighted by atomic mass is 19.1. The van der Waals surface area contributed by atoms with E-state index >= 15 is 0 Å². The third kappa shape index (κ3) is 4.22. The molecule has 1 saturated heterocycles. The Kier molecular flexibility index (Phi) is 5.83. The standard InChI is InChI=1S/C22H26F2N6/c1-15-27-19-5-3-4-6-21(19)30(15)12-10-26-22(25-2)28-17-9-11-29(14-17)20-8-7-16(23)13-18(20)24/h3-8,13,17H,9-12,14H2,1-2H3,(H2,25,26,28). The Bertz CT molecular complexity index is 1060. The minimum absolute atomic E-state index is 0.136. The molecule has 3 aromatic rings. The van der Waals surface area contributed by atoms with E-state index < -0.39 is 11.6 Å². The number of halogens is 2. The van der Waals surface area contributed by atoms with E-state index in [0.29, 0.717) is 31.3 Å². The molecule has 6 nitrogen and oxygen atoms in total. The number of hydrogen-bond donors (Lipinski definition) is 2. The Balaban J connectivity index is 1.31. The van der Waals surface area contributed by atoms with Crippen LogP contribution in [0.2, 0.25) is 0 Å². The second-order valence-electron chi connectivity index (χ2n) is 7.47. The van der Waals surface area contributed by atoms with Gasteiger partial charge in [0.1, 0.15) is 17.5 Å². The monoisotopic (exact) mass is 412 g/mol. The molecule has 1 fully saturated rings. The summed E-state index contributed by atoms with van der Waals surface area (Å²) in [7, 11) is 1.74. The van der Waals surface area contributed by atoms with Crippen molar-refractivity contribution in [1.29, 1.82) is 0 Å². The predicted octanol–water partition coefficient (Wildman–Crippen LogP) is 3.07. The normalized spacial score (nSPS) is 17.0. The molecule has 2 aromatic carbocycles. The third-order valence-electron chi connectivity index (χ3n) is 5.48. The quantitative estimate of drug-likeness (QED) is 0.500. The zero-order valence-electron chi connectivity index (χ0n) is 17.2. The number of para-hydroxylation sites is 2. The smallest absolute Gasteiger partial charge is 0.191 e. The van der Waals surface area contributed by atoms with Crippen LogP contribution in [0.3, 0.4) is 0 Å². The van der Waals surface area contributed by atoms with Crippen molar-refractivity contribution in [1.82, 2.24) is 20.2 Å². The molecule has 1 aliphatic heterocycles. The third-order valence-corrected chi connectivity index (χ3v) is 5.48. The highest BCUT2D eigenvalue weighted by Gasteiger charge is 2.25. The molecule has 1 aromatic heterocycles. The molecule has 158 valence electrons. The number of hydrogen-bond acceptors (Lipinski definition) is 3. The number of guanidine groups is 1. The van der Waals surface area contributed by atoms with E-state index in [0.717, 1.165) is 35.9 Å². The van der Waals surface area contributed by atoms with Crippen molar-refractivity contribution in [2.45, 2.75) is 25.9 Å². The van der Waals surface area contributed by atoms with Gasteiger partial charge in [-0.2, -0.15) is 0 Å². The molecule has 30 heavy (non-hydrogen) atoms. The molecule has 2 N–H and O–H groups in total. The summed E-state index contributed by atoms with van der Waals surface area (Å²) in [5.41, 5.74) is 2.55. The van der Waals surface area contributed by atoms with Gasteiger partial charge in [0.25, 0.3) is 0 Å². The molecule has 8 heteroatoms. The summed E-state index contributed by atoms with van der Waals surface area (Å²) < 4.78 is 29.4. The molecule has 0 saturated carbocycles. The average Bonchev–Trinajstić information content (AvgIpc) is 3.31. The fourth-order valence-corrected chi connectivity index (χ4v) is 3.99. The van der Waals surface area contributed by atoms with E-state index in [1.54, 1.807) is 7.05 Å². The zero-order valence-corrected chi connectivity index (χ0v) is 17.2. The first kappa shape index (κ1) is 20.1. The largest absolute Gasteiger partial charge is 0.367 e. The highest BCUT2D eigenvalue weighted by molar-refractivity contribution is 5.80. The van der Waals surface area contributed by atoms with Gasteiger partial charge in [0, 0.05) is 45.3 Å². The number of nitrogens with zero attached hydrogens (tertiary/aromatic N) is 4. The lowest BCUT2D eigenvalue weighted by Crippen LogP contribution is -2.45. The molecule has 2 heterocycles. The zero-order chi connectivity index (χ0) is 21.1. The number of fused-ring (bicyclic) bond motifs is 1. The summed E-state index contributed by atoms with van der Waals surface area (Å²) >= 11 is 0. The van der Waals surface area contributed by atoms with Gasteiger partial charge >= 0.3 is 0 Å². The van der Waals surface area contributed by atoms with Crippen molar-refractivity contribution in [3.8, 4) is 0 Å². The van der Waals surface area contributed by atoms with E-state index in [-0.39, 0.29) is 6.04 Å². The fourth-order valence-electron chi connectivity index (χ4n) is 3.99. The van der Waals surface area contributed by atoms with Crippen molar-refractivity contribution in [2.75, 3.05) is 31.6 Å². The summed E-state index contributed by atoms with van der Waals surface area (Å²) in [5.74, 6) is 0.605. The van der Waals surface area contributed by atoms with Crippen LogP contribution in [0.25, 0.3) is 11.0 Å². The highest BCUT2D eigenvalue weighted by Crippen LogP contribution is 2.24. The Morgan fingerprint density at radius 1 is 1.23 bits per heavy atom. The second kappa shape index (κ2) is 8.69. The number of anilines is 1. The first-order valence-corrected chi connectivity index (χ1v) is 10.1. The summed E-state index contributed by atoms with van der Waals surface area (Å²) in [6.45, 7) is 4.81. The summed E-state index contributed by atoms with van der Waals surface area (Å²) in [6, 6.07) is 12.0. The van der Waals surface area contributed by atoms with Crippen molar-refractivity contribution in [3.63, 3.8) is 0 Å². The average molecular weight is 412 g/mol. The Morgan fingerprint density at radius 2 is 2.07 bits per heavy atom. The maximum absolute atomic E-state index is 14.1. The van der Waals surface area contributed by atoms with E-state index in [2.05, 4.69) is 31.2 Å². The molecular weight excluding hydrogens is 386 g/mol. The van der Waals surface area contributed by atoms with Crippen molar-refractivity contribution in [3.05, 3.63) is 59.9 Å². The molecular formula is C22H26F2N6. The van der Waals surface area contributed by atoms with E-state index in [9.17, 15) is 8.78 Å². The van der Waals surface area contributed by atoms with E-state index in [1.165, 1.54) is 12.1 Å². The van der Waals surface area contributed by atoms with Crippen LogP contribution in [0.4, 0.5) is 14.5 Å². The summed E-state index contributed by atoms with van der Waals surface area (Å²) in [6.07, 6.45) is 0.850. The number of aliphatic imine (C=N–C) groups is 1. The van der Waals surface area contributed by atoms with Gasteiger partial charge in [-0.3, -0.25) is 4.99 Å². The van der Waals surface area contributed by atoms with Gasteiger partial charge in [0.2, 0.25) is 0 Å². The number of rotatable bonds is 5. The van der Waals surface area contributed by atoms with Crippen LogP contribution >= 0.6 is 0 Å². The minimum atomic E-state index is -0.560. The molecule has 0 amide bonds. The van der Waals surface area contributed by atoms with Crippen LogP contribution in [0.15, 0.2) is 47.5 Å². The van der Waals surface area contributed by atoms with Gasteiger partial charge in [-0.15, -0.1) is 0 Å². The van der Waals surface area contributed by atoms with Gasteiger partial charge in [0.15, 0.2) is 5.96 Å². The molecule has 0 aliphatic carbocycles. The molecule has 0 radical (unpaired) electrons. The molecule has 1 aliphatic rings. The lowest BCUT2D eigenvalue weighted by molar-refractivity contribution is 0.580. The van der Waals surface area contributed by atoms with Gasteiger partial charge in [0.05, 0.1) is 16.7 Å². The molecule has 1 unspecified atom stereocenters. The summed E-state index contributed by atoms with van der Waals surface area (Å²) in [4.78, 5) is 10.8. The Labute approximate surface area is 174 Å². The van der Waals surface area contributed by atoms with Gasteiger partial charge < -0.3 is 20.1 Å². The maximum Gasteiger partial charge on any atom is 0.191 e. The lowest BCUT2D eigenvalue weighted by Gasteiger charge is -2.21. The first-order chi connectivity index (χ1) is 14.5. The first-order valence-electron chi connectivity index (χ1n) is 10.1. The maximum atomic E-state index is 14.1. The number of aromatic nitrogens is 2. The van der Waals surface area contributed by atoms with Gasteiger partial charge in [-0.25, -0.2) is 13.8 Å². The number of imidazole rings is 1. The van der Waals surface area contributed by atoms with Crippen molar-refractivity contribution < 1.29 is 8.78 Å². The van der Waals surface area contributed by atoms with E-state index in [1.807, 2.05) is 30.0 Å². The van der Waals surface area contributed by atoms with Gasteiger partial charge in [-0.05, 0) is 37.6 Å². The van der Waals surface area contributed by atoms with Crippen LogP contribution in [0.1, 0.15) is 12.2 Å². The summed E-state index contributed by atoms with van der Waals surface area (Å²) in [5, 5.41) is 6.75. The van der Waals surface area contributed by atoms with Crippen LogP contribution in [0.5, 0.6) is 0 Å². The number of benzene rings is 2. The number of nitrogens with one attached hydrogen (secondary N) is 2. The SMILES string of the molecule is CN=C(NCCn1c(C)nc2ccccc21)NC1CCN(c2ccc(F)cc2F)C1. The molecule has 0 bridgehead atoms.